The monoisotopic (exact) mass is 669 g/mol. The average molecular weight is 670 g/mol. The highest BCUT2D eigenvalue weighted by atomic mass is 19.4. The number of carbonyl (C=O) groups is 5. The lowest BCUT2D eigenvalue weighted by Gasteiger charge is -2.40. The van der Waals surface area contributed by atoms with Crippen LogP contribution >= 0.6 is 0 Å². The molecule has 49 heavy (non-hydrogen) atoms. The Hall–Kier alpha value is -5.96. The molecule has 3 aromatic rings. The number of benzene rings is 2. The molecule has 2 saturated heterocycles. The molecule has 2 aromatic carbocycles. The van der Waals surface area contributed by atoms with E-state index in [0.29, 0.717) is 31.5 Å². The minimum absolute atomic E-state index is 0.0194. The van der Waals surface area contributed by atoms with Gasteiger partial charge in [-0.3, -0.25) is 38.9 Å². The van der Waals surface area contributed by atoms with Crippen LogP contribution in [0.4, 0.5) is 24.5 Å². The summed E-state index contributed by atoms with van der Waals surface area (Å²) in [5.41, 5.74) is -1.17. The number of piperidine rings is 1. The standard InChI is InChI=1S/C34H26F3N7O5/c35-34(36,37)26-13-22(6-5-21(26)14-38)40-32(49)33(10-1-11-33)43-18-23(15-39-43)42-16-20(17-42)3-2-19-4-7-24-25(12-19)31(48)44(30(24)47)27-8-9-28(45)41-29(27)46/h4-7,12-13,15,18,20,27H,1,8-11,16-17H2,(H,40,49)(H,41,45,46). The van der Waals surface area contributed by atoms with Crippen LogP contribution in [0.1, 0.15) is 69.5 Å². The van der Waals surface area contributed by atoms with Gasteiger partial charge in [0, 0.05) is 37.0 Å². The number of fused-ring (bicyclic) bond motifs is 1. The Morgan fingerprint density at radius 3 is 2.47 bits per heavy atom. The van der Waals surface area contributed by atoms with E-state index in [1.165, 1.54) is 24.3 Å². The van der Waals surface area contributed by atoms with Crippen molar-refractivity contribution in [1.29, 1.82) is 5.26 Å². The van der Waals surface area contributed by atoms with E-state index < -0.39 is 58.4 Å². The quantitative estimate of drug-likeness (QED) is 0.310. The number of nitriles is 1. The van der Waals surface area contributed by atoms with E-state index in [2.05, 4.69) is 27.6 Å². The van der Waals surface area contributed by atoms with Gasteiger partial charge in [0.25, 0.3) is 17.7 Å². The predicted molar refractivity (Wildman–Crippen MR) is 165 cm³/mol. The van der Waals surface area contributed by atoms with Crippen LogP contribution in [0.25, 0.3) is 0 Å². The molecule has 1 atom stereocenters. The summed E-state index contributed by atoms with van der Waals surface area (Å²) in [5.74, 6) is 3.40. The van der Waals surface area contributed by atoms with Crippen molar-refractivity contribution in [2.24, 2.45) is 5.92 Å². The van der Waals surface area contributed by atoms with Gasteiger partial charge in [-0.25, -0.2) is 0 Å². The summed E-state index contributed by atoms with van der Waals surface area (Å²) in [6.07, 6.45) is 0.356. The minimum Gasteiger partial charge on any atom is -0.366 e. The van der Waals surface area contributed by atoms with Gasteiger partial charge >= 0.3 is 6.18 Å². The number of amides is 5. The van der Waals surface area contributed by atoms with E-state index in [-0.39, 0.29) is 35.6 Å². The molecule has 1 aromatic heterocycles. The molecule has 1 saturated carbocycles. The first-order chi connectivity index (χ1) is 23.4. The molecule has 0 spiro atoms. The van der Waals surface area contributed by atoms with Crippen molar-refractivity contribution in [3.63, 3.8) is 0 Å². The van der Waals surface area contributed by atoms with Crippen molar-refractivity contribution in [2.75, 3.05) is 23.3 Å². The van der Waals surface area contributed by atoms with Gasteiger partial charge in [-0.05, 0) is 62.1 Å². The summed E-state index contributed by atoms with van der Waals surface area (Å²) in [6, 6.07) is 8.21. The molecule has 5 amide bonds. The molecule has 12 nitrogen and oxygen atoms in total. The van der Waals surface area contributed by atoms with Gasteiger partial charge < -0.3 is 10.2 Å². The second-order valence-corrected chi connectivity index (χ2v) is 12.4. The molecule has 1 aliphatic carbocycles. The fraction of sp³-hybridized carbons (Fsp3) is 0.324. The Balaban J connectivity index is 0.991. The van der Waals surface area contributed by atoms with Gasteiger partial charge in [0.2, 0.25) is 11.8 Å². The second-order valence-electron chi connectivity index (χ2n) is 12.4. The van der Waals surface area contributed by atoms with Crippen LogP contribution in [0.5, 0.6) is 0 Å². The van der Waals surface area contributed by atoms with Gasteiger partial charge in [-0.1, -0.05) is 11.8 Å². The number of halogens is 3. The van der Waals surface area contributed by atoms with E-state index in [1.54, 1.807) is 23.1 Å². The van der Waals surface area contributed by atoms with E-state index >= 15 is 0 Å². The molecule has 0 bridgehead atoms. The number of anilines is 2. The summed E-state index contributed by atoms with van der Waals surface area (Å²) in [4.78, 5) is 66.1. The summed E-state index contributed by atoms with van der Waals surface area (Å²) in [7, 11) is 0. The van der Waals surface area contributed by atoms with Gasteiger partial charge in [0.05, 0.1) is 46.1 Å². The lowest BCUT2D eigenvalue weighted by Crippen LogP contribution is -2.54. The number of aromatic nitrogens is 2. The van der Waals surface area contributed by atoms with Crippen molar-refractivity contribution in [2.45, 2.75) is 49.9 Å². The largest absolute Gasteiger partial charge is 0.417 e. The van der Waals surface area contributed by atoms with Crippen LogP contribution < -0.4 is 15.5 Å². The molecule has 248 valence electrons. The van der Waals surface area contributed by atoms with Gasteiger partial charge in [0.1, 0.15) is 11.6 Å². The summed E-state index contributed by atoms with van der Waals surface area (Å²) in [6.45, 7) is 1.13. The molecular weight excluding hydrogens is 643 g/mol. The van der Waals surface area contributed by atoms with Crippen molar-refractivity contribution in [3.8, 4) is 17.9 Å². The molecule has 0 radical (unpaired) electrons. The van der Waals surface area contributed by atoms with Gasteiger partial charge in [0.15, 0.2) is 0 Å². The van der Waals surface area contributed by atoms with Crippen molar-refractivity contribution in [1.82, 2.24) is 20.0 Å². The maximum atomic E-state index is 13.4. The molecule has 2 N–H and O–H groups in total. The molecule has 4 aliphatic rings. The summed E-state index contributed by atoms with van der Waals surface area (Å²) < 4.78 is 41.9. The third-order valence-corrected chi connectivity index (χ3v) is 9.42. The molecule has 15 heteroatoms. The van der Waals surface area contributed by atoms with Crippen molar-refractivity contribution >= 4 is 40.9 Å². The number of imide groups is 2. The average Bonchev–Trinajstić information content (AvgIpc) is 3.58. The Morgan fingerprint density at radius 1 is 1.04 bits per heavy atom. The zero-order chi connectivity index (χ0) is 34.7. The maximum Gasteiger partial charge on any atom is 0.417 e. The predicted octanol–water partition coefficient (Wildman–Crippen LogP) is 3.18. The van der Waals surface area contributed by atoms with E-state index in [1.807, 2.05) is 4.90 Å². The Morgan fingerprint density at radius 2 is 1.80 bits per heavy atom. The lowest BCUT2D eigenvalue weighted by atomic mass is 9.76. The van der Waals surface area contributed by atoms with Crippen molar-refractivity contribution in [3.05, 3.63) is 76.6 Å². The SMILES string of the molecule is N#Cc1ccc(NC(=O)C2(n3cc(N4CC(C#Cc5ccc6c(c5)C(=O)N(C5CCC(=O)NC5=O)C6=O)C4)cn3)CCC2)cc1C(F)(F)F. The number of nitrogens with zero attached hydrogens (tertiary/aromatic N) is 5. The van der Waals surface area contributed by atoms with Crippen LogP contribution in [0.15, 0.2) is 48.8 Å². The highest BCUT2D eigenvalue weighted by Gasteiger charge is 2.48. The van der Waals surface area contributed by atoms with E-state index in [0.717, 1.165) is 29.1 Å². The van der Waals surface area contributed by atoms with Gasteiger partial charge in [-0.15, -0.1) is 0 Å². The number of hydrogen-bond donors (Lipinski definition) is 2. The molecule has 3 fully saturated rings. The third-order valence-electron chi connectivity index (χ3n) is 9.42. The van der Waals surface area contributed by atoms with Gasteiger partial charge in [-0.2, -0.15) is 23.5 Å². The van der Waals surface area contributed by atoms with Crippen LogP contribution in [0.3, 0.4) is 0 Å². The Labute approximate surface area is 276 Å². The zero-order valence-electron chi connectivity index (χ0n) is 25.6. The van der Waals surface area contributed by atoms with Crippen LogP contribution in [-0.4, -0.2) is 63.3 Å². The zero-order valence-corrected chi connectivity index (χ0v) is 25.6. The van der Waals surface area contributed by atoms with E-state index in [9.17, 15) is 37.1 Å². The molecule has 4 heterocycles. The summed E-state index contributed by atoms with van der Waals surface area (Å²) >= 11 is 0. The second kappa shape index (κ2) is 11.6. The Kier molecular flexibility index (Phi) is 7.50. The fourth-order valence-electron chi connectivity index (χ4n) is 6.50. The summed E-state index contributed by atoms with van der Waals surface area (Å²) in [5, 5.41) is 18.2. The maximum absolute atomic E-state index is 13.4. The van der Waals surface area contributed by atoms with Crippen LogP contribution in [0.2, 0.25) is 0 Å². The topological polar surface area (TPSA) is 158 Å². The number of rotatable bonds is 5. The van der Waals surface area contributed by atoms with Crippen LogP contribution in [0, 0.1) is 29.1 Å². The number of alkyl halides is 3. The van der Waals surface area contributed by atoms with Crippen molar-refractivity contribution < 1.29 is 37.1 Å². The Bertz CT molecular complexity index is 2060. The number of nitrogens with one attached hydrogen (secondary N) is 2. The first kappa shape index (κ1) is 31.6. The highest BCUT2D eigenvalue weighted by Crippen LogP contribution is 2.41. The number of carbonyl (C=O) groups excluding carboxylic acids is 5. The number of hydrogen-bond acceptors (Lipinski definition) is 8. The smallest absolute Gasteiger partial charge is 0.366 e. The normalized spacial score (nSPS) is 20.0. The van der Waals surface area contributed by atoms with E-state index in [4.69, 9.17) is 5.26 Å². The molecule has 3 aliphatic heterocycles. The highest BCUT2D eigenvalue weighted by molar-refractivity contribution is 6.23. The molecular formula is C34H26F3N7O5. The third kappa shape index (κ3) is 5.47. The first-order valence-electron chi connectivity index (χ1n) is 15.5. The van der Waals surface area contributed by atoms with Crippen LogP contribution in [-0.2, 0) is 26.1 Å². The molecule has 1 unspecified atom stereocenters. The fourth-order valence-corrected chi connectivity index (χ4v) is 6.50. The first-order valence-corrected chi connectivity index (χ1v) is 15.5. The molecule has 7 rings (SSSR count). The minimum atomic E-state index is -4.75. The lowest BCUT2D eigenvalue weighted by molar-refractivity contribution is -0.138.